The van der Waals surface area contributed by atoms with Crippen molar-refractivity contribution in [3.63, 3.8) is 0 Å². The van der Waals surface area contributed by atoms with Crippen molar-refractivity contribution in [1.29, 1.82) is 0 Å². The van der Waals surface area contributed by atoms with E-state index in [2.05, 4.69) is 72.3 Å². The van der Waals surface area contributed by atoms with E-state index in [0.29, 0.717) is 36.3 Å². The lowest BCUT2D eigenvalue weighted by molar-refractivity contribution is -0.115. The van der Waals surface area contributed by atoms with Gasteiger partial charge in [0.1, 0.15) is 5.84 Å². The number of hydrogen-bond donors (Lipinski definition) is 3. The highest BCUT2D eigenvalue weighted by Crippen LogP contribution is 2.25. The average molecular weight is 485 g/mol. The van der Waals surface area contributed by atoms with Gasteiger partial charge in [-0.3, -0.25) is 14.5 Å². The summed E-state index contributed by atoms with van der Waals surface area (Å²) in [4.78, 5) is 16.9. The predicted molar refractivity (Wildman–Crippen MR) is 138 cm³/mol. The zero-order valence-corrected chi connectivity index (χ0v) is 21.3. The molecule has 0 bridgehead atoms. The molecule has 1 amide bonds. The van der Waals surface area contributed by atoms with Crippen LogP contribution in [0.2, 0.25) is 0 Å². The standard InChI is InChI=1S/C26H36N4O3S/c1-5-19(4)20-11-13-21(14-12-20)26(18(2)3)28-17-25(31)29-22-8-6-9-23(16-22)34(32,33)30-24-10-7-15-27-24/h6,8-9,11-14,16,18-19,26,28H,5,7,10,15,17H2,1-4H3,(H,27,30)(H,29,31). The minimum Gasteiger partial charge on any atom is -0.325 e. The average Bonchev–Trinajstić information content (AvgIpc) is 3.31. The summed E-state index contributed by atoms with van der Waals surface area (Å²) in [5.74, 6) is 1.06. The van der Waals surface area contributed by atoms with Crippen LogP contribution in [0.25, 0.3) is 0 Å². The van der Waals surface area contributed by atoms with Crippen molar-refractivity contribution in [1.82, 2.24) is 10.0 Å². The Balaban J connectivity index is 1.61. The Kier molecular flexibility index (Phi) is 8.85. The molecule has 34 heavy (non-hydrogen) atoms. The Morgan fingerprint density at radius 1 is 1.06 bits per heavy atom. The van der Waals surface area contributed by atoms with E-state index in [4.69, 9.17) is 0 Å². The number of nitrogens with one attached hydrogen (secondary N) is 3. The first-order chi connectivity index (χ1) is 16.2. The van der Waals surface area contributed by atoms with E-state index < -0.39 is 10.0 Å². The van der Waals surface area contributed by atoms with Crippen molar-refractivity contribution in [3.8, 4) is 0 Å². The van der Waals surface area contributed by atoms with Crippen LogP contribution >= 0.6 is 0 Å². The van der Waals surface area contributed by atoms with Crippen LogP contribution in [-0.4, -0.2) is 33.3 Å². The third-order valence-corrected chi connectivity index (χ3v) is 7.56. The Morgan fingerprint density at radius 3 is 2.38 bits per heavy atom. The van der Waals surface area contributed by atoms with Crippen LogP contribution in [0.1, 0.15) is 70.0 Å². The summed E-state index contributed by atoms with van der Waals surface area (Å²) in [6.45, 7) is 9.39. The van der Waals surface area contributed by atoms with Gasteiger partial charge in [0.25, 0.3) is 10.0 Å². The highest BCUT2D eigenvalue weighted by Gasteiger charge is 2.20. The lowest BCUT2D eigenvalue weighted by Crippen LogP contribution is -2.33. The number of benzene rings is 2. The summed E-state index contributed by atoms with van der Waals surface area (Å²) in [7, 11) is -3.73. The Hall–Kier alpha value is -2.71. The molecule has 0 spiro atoms. The van der Waals surface area contributed by atoms with Crippen LogP contribution in [-0.2, 0) is 14.8 Å². The van der Waals surface area contributed by atoms with Gasteiger partial charge in [-0.05, 0) is 54.0 Å². The van der Waals surface area contributed by atoms with Crippen LogP contribution in [0.4, 0.5) is 5.69 Å². The van der Waals surface area contributed by atoms with Gasteiger partial charge in [-0.2, -0.15) is 0 Å². The molecular weight excluding hydrogens is 448 g/mol. The van der Waals surface area contributed by atoms with Crippen LogP contribution in [0, 0.1) is 5.92 Å². The molecule has 3 rings (SSSR count). The molecule has 2 atom stereocenters. The monoisotopic (exact) mass is 484 g/mol. The number of amidine groups is 1. The van der Waals surface area contributed by atoms with Crippen molar-refractivity contribution in [2.24, 2.45) is 10.9 Å². The van der Waals surface area contributed by atoms with Gasteiger partial charge in [-0.1, -0.05) is 58.0 Å². The molecular formula is C26H36N4O3S. The third kappa shape index (κ3) is 6.90. The fraction of sp³-hybridized carbons (Fsp3) is 0.462. The third-order valence-electron chi connectivity index (χ3n) is 6.18. The summed E-state index contributed by atoms with van der Waals surface area (Å²) in [5.41, 5.74) is 2.89. The number of nitrogens with zero attached hydrogens (tertiary/aromatic N) is 1. The Bertz CT molecular complexity index is 1110. The number of hydrogen-bond acceptors (Lipinski definition) is 5. The summed E-state index contributed by atoms with van der Waals surface area (Å²) < 4.78 is 27.8. The molecule has 184 valence electrons. The van der Waals surface area contributed by atoms with Gasteiger partial charge in [0, 0.05) is 24.7 Å². The largest absolute Gasteiger partial charge is 0.325 e. The lowest BCUT2D eigenvalue weighted by Gasteiger charge is -2.23. The molecule has 0 aromatic heterocycles. The number of amides is 1. The van der Waals surface area contributed by atoms with Gasteiger partial charge in [0.15, 0.2) is 0 Å². The van der Waals surface area contributed by atoms with Gasteiger partial charge in [0.2, 0.25) is 5.91 Å². The van der Waals surface area contributed by atoms with Gasteiger partial charge < -0.3 is 10.6 Å². The number of rotatable bonds is 10. The fourth-order valence-corrected chi connectivity index (χ4v) is 5.13. The molecule has 1 aliphatic rings. The van der Waals surface area contributed by atoms with Crippen molar-refractivity contribution >= 4 is 27.5 Å². The van der Waals surface area contributed by atoms with Gasteiger partial charge in [-0.25, -0.2) is 8.42 Å². The smallest absolute Gasteiger partial charge is 0.262 e. The highest BCUT2D eigenvalue weighted by atomic mass is 32.2. The zero-order chi connectivity index (χ0) is 24.7. The second kappa shape index (κ2) is 11.6. The quantitative estimate of drug-likeness (QED) is 0.459. The molecule has 3 N–H and O–H groups in total. The van der Waals surface area contributed by atoms with E-state index >= 15 is 0 Å². The summed E-state index contributed by atoms with van der Waals surface area (Å²) >= 11 is 0. The van der Waals surface area contributed by atoms with Crippen LogP contribution < -0.4 is 15.4 Å². The highest BCUT2D eigenvalue weighted by molar-refractivity contribution is 7.90. The Labute approximate surface area is 203 Å². The van der Waals surface area contributed by atoms with Crippen LogP contribution in [0.5, 0.6) is 0 Å². The maximum Gasteiger partial charge on any atom is 0.262 e. The predicted octanol–water partition coefficient (Wildman–Crippen LogP) is 4.60. The first kappa shape index (κ1) is 25.9. The van der Waals surface area contributed by atoms with E-state index in [1.54, 1.807) is 12.1 Å². The molecule has 0 saturated heterocycles. The molecule has 2 aromatic rings. The van der Waals surface area contributed by atoms with Gasteiger partial charge >= 0.3 is 0 Å². The normalized spacial score (nSPS) is 15.6. The van der Waals surface area contributed by atoms with E-state index in [1.165, 1.54) is 17.7 Å². The molecule has 8 heteroatoms. The van der Waals surface area contributed by atoms with E-state index in [-0.39, 0.29) is 23.4 Å². The van der Waals surface area contributed by atoms with Crippen molar-refractivity contribution in [2.45, 2.75) is 63.8 Å². The second-order valence-corrected chi connectivity index (χ2v) is 10.9. The van der Waals surface area contributed by atoms with Crippen molar-refractivity contribution < 1.29 is 13.2 Å². The zero-order valence-electron chi connectivity index (χ0n) is 20.5. The molecule has 0 aliphatic carbocycles. The summed E-state index contributed by atoms with van der Waals surface area (Å²) in [6.07, 6.45) is 2.57. The van der Waals surface area contributed by atoms with Crippen molar-refractivity contribution in [3.05, 3.63) is 59.7 Å². The molecule has 7 nitrogen and oxygen atoms in total. The molecule has 0 radical (unpaired) electrons. The molecule has 1 aliphatic heterocycles. The molecule has 2 unspecified atom stereocenters. The number of carbonyl (C=O) groups excluding carboxylic acids is 1. The first-order valence-electron chi connectivity index (χ1n) is 12.0. The van der Waals surface area contributed by atoms with E-state index in [9.17, 15) is 13.2 Å². The van der Waals surface area contributed by atoms with Crippen molar-refractivity contribution in [2.75, 3.05) is 18.4 Å². The number of aliphatic imine (C=N–C) groups is 1. The van der Waals surface area contributed by atoms with Crippen LogP contribution in [0.3, 0.4) is 0 Å². The minimum atomic E-state index is -3.73. The molecule has 1 heterocycles. The lowest BCUT2D eigenvalue weighted by atomic mass is 9.92. The fourth-order valence-electron chi connectivity index (χ4n) is 3.99. The van der Waals surface area contributed by atoms with E-state index in [0.717, 1.165) is 18.4 Å². The minimum absolute atomic E-state index is 0.0276. The maximum absolute atomic E-state index is 12.6. The SMILES string of the molecule is CCC(C)c1ccc(C(NCC(=O)Nc2cccc(S(=O)(=O)NC3=NCCC3)c2)C(C)C)cc1. The molecule has 0 saturated carbocycles. The number of carbonyl (C=O) groups is 1. The number of anilines is 1. The van der Waals surface area contributed by atoms with Crippen LogP contribution in [0.15, 0.2) is 58.4 Å². The topological polar surface area (TPSA) is 99.7 Å². The Morgan fingerprint density at radius 2 is 1.76 bits per heavy atom. The maximum atomic E-state index is 12.6. The summed E-state index contributed by atoms with van der Waals surface area (Å²) in [6, 6.07) is 14.9. The number of sulfonamides is 1. The molecule has 0 fully saturated rings. The van der Waals surface area contributed by atoms with E-state index in [1.807, 2.05) is 0 Å². The molecule has 2 aromatic carbocycles. The second-order valence-electron chi connectivity index (χ2n) is 9.19. The van der Waals surface area contributed by atoms with Gasteiger partial charge in [-0.15, -0.1) is 0 Å². The van der Waals surface area contributed by atoms with Gasteiger partial charge in [0.05, 0.1) is 11.4 Å². The summed E-state index contributed by atoms with van der Waals surface area (Å²) in [5, 5.41) is 6.15. The first-order valence-corrected chi connectivity index (χ1v) is 13.5.